The van der Waals surface area contributed by atoms with E-state index in [0.29, 0.717) is 16.0 Å². The molecule has 6 heteroatoms. The first-order chi connectivity index (χ1) is 8.22. The molecule has 0 atom stereocenters. The molecule has 0 saturated carbocycles. The zero-order valence-electron chi connectivity index (χ0n) is 9.11. The Bertz CT molecular complexity index is 569. The van der Waals surface area contributed by atoms with Crippen LogP contribution in [0, 0.1) is 0 Å². The molecule has 0 aliphatic heterocycles. The van der Waals surface area contributed by atoms with Crippen molar-refractivity contribution in [2.45, 2.75) is 6.61 Å². The van der Waals surface area contributed by atoms with E-state index in [0.717, 1.165) is 5.56 Å². The lowest BCUT2D eigenvalue weighted by Crippen LogP contribution is -2.14. The molecule has 2 aromatic rings. The van der Waals surface area contributed by atoms with Gasteiger partial charge in [-0.15, -0.1) is 0 Å². The maximum atomic E-state index is 11.7. The maximum Gasteiger partial charge on any atom is 0.265 e. The molecule has 5 nitrogen and oxygen atoms in total. The monoisotopic (exact) mass is 295 g/mol. The molecule has 2 aromatic heterocycles. The summed E-state index contributed by atoms with van der Waals surface area (Å²) in [6.07, 6.45) is 3.30. The summed E-state index contributed by atoms with van der Waals surface area (Å²) in [5, 5.41) is 0. The summed E-state index contributed by atoms with van der Waals surface area (Å²) in [7, 11) is 1.55. The molecule has 0 aliphatic rings. The highest BCUT2D eigenvalue weighted by atomic mass is 79.9. The van der Waals surface area contributed by atoms with Gasteiger partial charge in [0.2, 0.25) is 0 Å². The smallest absolute Gasteiger partial charge is 0.265 e. The molecule has 88 valence electrons. The predicted molar refractivity (Wildman–Crippen MR) is 66.5 cm³/mol. The Balaban J connectivity index is 2.53. The second-order valence-corrected chi connectivity index (χ2v) is 4.14. The van der Waals surface area contributed by atoms with Crippen molar-refractivity contribution in [3.8, 4) is 11.4 Å². The average molecular weight is 296 g/mol. The first-order valence-corrected chi connectivity index (χ1v) is 5.69. The van der Waals surface area contributed by atoms with Crippen LogP contribution in [0.4, 0.5) is 0 Å². The second kappa shape index (κ2) is 5.20. The third-order valence-electron chi connectivity index (χ3n) is 2.15. The largest absolute Gasteiger partial charge is 0.378 e. The molecular formula is C11H10BrN3O2. The van der Waals surface area contributed by atoms with E-state index in [2.05, 4.69) is 30.9 Å². The van der Waals surface area contributed by atoms with E-state index >= 15 is 0 Å². The Morgan fingerprint density at radius 2 is 2.35 bits per heavy atom. The minimum atomic E-state index is -0.231. The molecule has 0 spiro atoms. The van der Waals surface area contributed by atoms with Crippen molar-refractivity contribution in [1.29, 1.82) is 0 Å². The van der Waals surface area contributed by atoms with E-state index in [4.69, 9.17) is 4.74 Å². The van der Waals surface area contributed by atoms with Crippen molar-refractivity contribution in [3.63, 3.8) is 0 Å². The molecule has 0 saturated heterocycles. The number of H-pyrrole nitrogens is 1. The third kappa shape index (κ3) is 2.59. The number of ether oxygens (including phenoxy) is 1. The maximum absolute atomic E-state index is 11.7. The van der Waals surface area contributed by atoms with Crippen LogP contribution in [-0.2, 0) is 11.3 Å². The van der Waals surface area contributed by atoms with Crippen LogP contribution in [0.3, 0.4) is 0 Å². The van der Waals surface area contributed by atoms with E-state index in [-0.39, 0.29) is 12.2 Å². The number of nitrogens with zero attached hydrogens (tertiary/aromatic N) is 2. The number of methoxy groups -OCH3 is 1. The highest BCUT2D eigenvalue weighted by molar-refractivity contribution is 9.10. The SMILES string of the molecule is COCc1nc(-c2cccnc2)[nH]c(=O)c1Br. The number of nitrogens with one attached hydrogen (secondary N) is 1. The highest BCUT2D eigenvalue weighted by Crippen LogP contribution is 2.16. The Morgan fingerprint density at radius 3 is 3.00 bits per heavy atom. The second-order valence-electron chi connectivity index (χ2n) is 3.35. The predicted octanol–water partition coefficient (Wildman–Crippen LogP) is 1.74. The van der Waals surface area contributed by atoms with Gasteiger partial charge in [-0.1, -0.05) is 0 Å². The van der Waals surface area contributed by atoms with E-state index in [1.54, 1.807) is 25.6 Å². The van der Waals surface area contributed by atoms with Gasteiger partial charge in [0.15, 0.2) is 0 Å². The topological polar surface area (TPSA) is 67.9 Å². The van der Waals surface area contributed by atoms with Crippen LogP contribution in [0.25, 0.3) is 11.4 Å². The minimum Gasteiger partial charge on any atom is -0.378 e. The lowest BCUT2D eigenvalue weighted by atomic mass is 10.2. The van der Waals surface area contributed by atoms with Crippen molar-refractivity contribution in [2.75, 3.05) is 7.11 Å². The molecule has 0 amide bonds. The van der Waals surface area contributed by atoms with Gasteiger partial charge in [0, 0.05) is 25.1 Å². The summed E-state index contributed by atoms with van der Waals surface area (Å²) < 4.78 is 5.39. The molecular weight excluding hydrogens is 286 g/mol. The van der Waals surface area contributed by atoms with Crippen LogP contribution < -0.4 is 5.56 Å². The van der Waals surface area contributed by atoms with Crippen molar-refractivity contribution in [1.82, 2.24) is 15.0 Å². The fourth-order valence-corrected chi connectivity index (χ4v) is 1.68. The summed E-state index contributed by atoms with van der Waals surface area (Å²) in [6.45, 7) is 0.276. The number of hydrogen-bond donors (Lipinski definition) is 1. The number of aromatic amines is 1. The van der Waals surface area contributed by atoms with Crippen LogP contribution in [0.2, 0.25) is 0 Å². The molecule has 0 aliphatic carbocycles. The summed E-state index contributed by atoms with van der Waals surface area (Å²) in [4.78, 5) is 22.7. The van der Waals surface area contributed by atoms with Crippen molar-refractivity contribution in [3.05, 3.63) is 45.0 Å². The molecule has 1 N–H and O–H groups in total. The quantitative estimate of drug-likeness (QED) is 0.936. The van der Waals surface area contributed by atoms with E-state index in [1.165, 1.54) is 0 Å². The fourth-order valence-electron chi connectivity index (χ4n) is 1.38. The third-order valence-corrected chi connectivity index (χ3v) is 2.97. The Labute approximate surface area is 106 Å². The molecule has 0 aromatic carbocycles. The number of halogens is 1. The van der Waals surface area contributed by atoms with Gasteiger partial charge in [-0.3, -0.25) is 9.78 Å². The standard InChI is InChI=1S/C11H10BrN3O2/c1-17-6-8-9(12)11(16)15-10(14-8)7-3-2-4-13-5-7/h2-5H,6H2,1H3,(H,14,15,16). The molecule has 2 rings (SSSR count). The molecule has 0 radical (unpaired) electrons. The van der Waals surface area contributed by atoms with E-state index in [9.17, 15) is 4.79 Å². The van der Waals surface area contributed by atoms with Gasteiger partial charge in [0.25, 0.3) is 5.56 Å². The normalized spacial score (nSPS) is 10.5. The van der Waals surface area contributed by atoms with Gasteiger partial charge in [0.1, 0.15) is 10.3 Å². The van der Waals surface area contributed by atoms with Crippen LogP contribution in [0.1, 0.15) is 5.69 Å². The van der Waals surface area contributed by atoms with Gasteiger partial charge >= 0.3 is 0 Å². The molecule has 2 heterocycles. The number of hydrogen-bond acceptors (Lipinski definition) is 4. The zero-order chi connectivity index (χ0) is 12.3. The summed E-state index contributed by atoms with van der Waals surface area (Å²) in [6, 6.07) is 3.61. The molecule has 17 heavy (non-hydrogen) atoms. The molecule has 0 fully saturated rings. The van der Waals surface area contributed by atoms with Gasteiger partial charge in [-0.2, -0.15) is 0 Å². The number of pyridine rings is 1. The minimum absolute atomic E-state index is 0.231. The van der Waals surface area contributed by atoms with Crippen molar-refractivity contribution in [2.24, 2.45) is 0 Å². The molecule has 0 bridgehead atoms. The lowest BCUT2D eigenvalue weighted by Gasteiger charge is -2.05. The van der Waals surface area contributed by atoms with Crippen molar-refractivity contribution >= 4 is 15.9 Å². The first-order valence-electron chi connectivity index (χ1n) is 4.90. The lowest BCUT2D eigenvalue weighted by molar-refractivity contribution is 0.180. The van der Waals surface area contributed by atoms with E-state index < -0.39 is 0 Å². The average Bonchev–Trinajstić information content (AvgIpc) is 2.36. The van der Waals surface area contributed by atoms with E-state index in [1.807, 2.05) is 6.07 Å². The van der Waals surface area contributed by atoms with Crippen LogP contribution in [0.15, 0.2) is 33.8 Å². The van der Waals surface area contributed by atoms with Crippen LogP contribution >= 0.6 is 15.9 Å². The molecule has 0 unspecified atom stereocenters. The first kappa shape index (κ1) is 11.9. The highest BCUT2D eigenvalue weighted by Gasteiger charge is 2.09. The van der Waals surface area contributed by atoms with Crippen LogP contribution in [-0.4, -0.2) is 22.1 Å². The van der Waals surface area contributed by atoms with Crippen LogP contribution in [0.5, 0.6) is 0 Å². The zero-order valence-corrected chi connectivity index (χ0v) is 10.7. The summed E-state index contributed by atoms with van der Waals surface area (Å²) >= 11 is 3.19. The number of aromatic nitrogens is 3. The van der Waals surface area contributed by atoms with Gasteiger partial charge in [0.05, 0.1) is 12.3 Å². The Morgan fingerprint density at radius 1 is 1.53 bits per heavy atom. The Hall–Kier alpha value is -1.53. The number of rotatable bonds is 3. The van der Waals surface area contributed by atoms with Gasteiger partial charge in [-0.05, 0) is 28.1 Å². The van der Waals surface area contributed by atoms with Gasteiger partial charge in [-0.25, -0.2) is 4.98 Å². The Kier molecular flexibility index (Phi) is 3.65. The fraction of sp³-hybridized carbons (Fsp3) is 0.182. The van der Waals surface area contributed by atoms with Gasteiger partial charge < -0.3 is 9.72 Å². The summed E-state index contributed by atoms with van der Waals surface area (Å²) in [5.74, 6) is 0.485. The van der Waals surface area contributed by atoms with Crippen molar-refractivity contribution < 1.29 is 4.74 Å². The summed E-state index contributed by atoms with van der Waals surface area (Å²) in [5.41, 5.74) is 1.09.